The molecule has 0 bridgehead atoms. The molecule has 2 aromatic heterocycles. The number of aryl methyl sites for hydroxylation is 2. The van der Waals surface area contributed by atoms with Gasteiger partial charge in [0.15, 0.2) is 0 Å². The zero-order valence-electron chi connectivity index (χ0n) is 6.96. The van der Waals surface area contributed by atoms with Gasteiger partial charge in [-0.2, -0.15) is 0 Å². The standard InChI is InChI=1S/C8H9N3S/c1-4-8-7(6(9)3-12-8)11-5(2)10-4/h3H,9H2,1-2H3. The summed E-state index contributed by atoms with van der Waals surface area (Å²) < 4.78 is 1.10. The van der Waals surface area contributed by atoms with Crippen LogP contribution >= 0.6 is 11.3 Å². The number of nitrogen functional groups attached to an aromatic ring is 1. The summed E-state index contributed by atoms with van der Waals surface area (Å²) in [6.45, 7) is 3.86. The van der Waals surface area contributed by atoms with Gasteiger partial charge in [-0.05, 0) is 13.8 Å². The van der Waals surface area contributed by atoms with Gasteiger partial charge in [0.25, 0.3) is 0 Å². The summed E-state index contributed by atoms with van der Waals surface area (Å²) in [5.74, 6) is 0.783. The molecule has 2 rings (SSSR count). The Hall–Kier alpha value is -1.16. The fourth-order valence-corrected chi connectivity index (χ4v) is 2.07. The van der Waals surface area contributed by atoms with Crippen LogP contribution in [0.2, 0.25) is 0 Å². The minimum Gasteiger partial charge on any atom is -0.396 e. The molecule has 0 amide bonds. The van der Waals surface area contributed by atoms with Crippen LogP contribution in [0.4, 0.5) is 5.69 Å². The van der Waals surface area contributed by atoms with Crippen LogP contribution < -0.4 is 5.73 Å². The highest BCUT2D eigenvalue weighted by molar-refractivity contribution is 7.17. The summed E-state index contributed by atoms with van der Waals surface area (Å²) >= 11 is 1.60. The monoisotopic (exact) mass is 179 g/mol. The smallest absolute Gasteiger partial charge is 0.126 e. The molecule has 2 N–H and O–H groups in total. The third kappa shape index (κ3) is 0.956. The molecule has 4 heteroatoms. The Balaban J connectivity index is 2.92. The van der Waals surface area contributed by atoms with E-state index in [9.17, 15) is 0 Å². The molecule has 62 valence electrons. The fraction of sp³-hybridized carbons (Fsp3) is 0.250. The lowest BCUT2D eigenvalue weighted by Gasteiger charge is -1.96. The van der Waals surface area contributed by atoms with Crippen LogP contribution in [-0.2, 0) is 0 Å². The van der Waals surface area contributed by atoms with Crippen molar-refractivity contribution in [2.75, 3.05) is 5.73 Å². The Kier molecular flexibility index (Phi) is 1.51. The molecule has 0 aliphatic heterocycles. The predicted molar refractivity (Wildman–Crippen MR) is 51.3 cm³/mol. The molecule has 0 saturated heterocycles. The minimum atomic E-state index is 0.753. The lowest BCUT2D eigenvalue weighted by Crippen LogP contribution is -1.92. The van der Waals surface area contributed by atoms with Gasteiger partial charge in [-0.3, -0.25) is 0 Å². The van der Waals surface area contributed by atoms with E-state index in [1.807, 2.05) is 19.2 Å². The molecule has 0 aliphatic carbocycles. The van der Waals surface area contributed by atoms with Crippen molar-refractivity contribution in [3.05, 3.63) is 16.9 Å². The van der Waals surface area contributed by atoms with Crippen molar-refractivity contribution in [2.24, 2.45) is 0 Å². The van der Waals surface area contributed by atoms with E-state index in [1.54, 1.807) is 11.3 Å². The SMILES string of the molecule is Cc1nc(C)c2scc(N)c2n1. The van der Waals surface area contributed by atoms with E-state index in [-0.39, 0.29) is 0 Å². The molecule has 0 aliphatic rings. The van der Waals surface area contributed by atoms with Gasteiger partial charge in [-0.25, -0.2) is 9.97 Å². The number of fused-ring (bicyclic) bond motifs is 1. The normalized spacial score (nSPS) is 10.8. The van der Waals surface area contributed by atoms with Crippen molar-refractivity contribution in [1.29, 1.82) is 0 Å². The molecule has 0 unspecified atom stereocenters. The molecule has 0 radical (unpaired) electrons. The zero-order valence-corrected chi connectivity index (χ0v) is 7.77. The highest BCUT2D eigenvalue weighted by Crippen LogP contribution is 2.27. The summed E-state index contributed by atoms with van der Waals surface area (Å²) in [5.41, 5.74) is 8.39. The summed E-state index contributed by atoms with van der Waals surface area (Å²) in [6, 6.07) is 0. The molecule has 0 spiro atoms. The summed E-state index contributed by atoms with van der Waals surface area (Å²) in [7, 11) is 0. The number of hydrogen-bond acceptors (Lipinski definition) is 4. The largest absolute Gasteiger partial charge is 0.396 e. The maximum Gasteiger partial charge on any atom is 0.126 e. The second-order valence-electron chi connectivity index (χ2n) is 2.73. The Bertz CT molecular complexity index is 433. The van der Waals surface area contributed by atoms with Crippen LogP contribution in [0.1, 0.15) is 11.5 Å². The highest BCUT2D eigenvalue weighted by atomic mass is 32.1. The van der Waals surface area contributed by atoms with Gasteiger partial charge in [0.05, 0.1) is 16.1 Å². The predicted octanol–water partition coefficient (Wildman–Crippen LogP) is 1.89. The van der Waals surface area contributed by atoms with Crippen LogP contribution in [0, 0.1) is 13.8 Å². The van der Waals surface area contributed by atoms with E-state index in [0.717, 1.165) is 27.4 Å². The molecule has 0 fully saturated rings. The molecule has 2 aromatic rings. The number of nitrogens with zero attached hydrogens (tertiary/aromatic N) is 2. The number of thiophene rings is 1. The summed E-state index contributed by atoms with van der Waals surface area (Å²) in [4.78, 5) is 8.53. The summed E-state index contributed by atoms with van der Waals surface area (Å²) in [6.07, 6.45) is 0. The van der Waals surface area contributed by atoms with Crippen LogP contribution in [0.5, 0.6) is 0 Å². The van der Waals surface area contributed by atoms with Crippen molar-refractivity contribution in [3.8, 4) is 0 Å². The van der Waals surface area contributed by atoms with Crippen molar-refractivity contribution in [1.82, 2.24) is 9.97 Å². The Morgan fingerprint density at radius 1 is 1.33 bits per heavy atom. The van der Waals surface area contributed by atoms with E-state index in [1.165, 1.54) is 0 Å². The average Bonchev–Trinajstić information content (AvgIpc) is 2.33. The van der Waals surface area contributed by atoms with E-state index in [2.05, 4.69) is 9.97 Å². The Labute approximate surface area is 74.3 Å². The first kappa shape index (κ1) is 7.49. The molecule has 0 aromatic carbocycles. The number of nitrogens with two attached hydrogens (primary N) is 1. The molecule has 0 atom stereocenters. The second-order valence-corrected chi connectivity index (χ2v) is 3.60. The molecule has 2 heterocycles. The first-order chi connectivity index (χ1) is 5.68. The molecular formula is C8H9N3S. The summed E-state index contributed by atoms with van der Waals surface area (Å²) in [5, 5.41) is 1.91. The van der Waals surface area contributed by atoms with Gasteiger partial charge < -0.3 is 5.73 Å². The molecule has 0 saturated carbocycles. The van der Waals surface area contributed by atoms with Gasteiger partial charge in [0, 0.05) is 5.38 Å². The first-order valence-corrected chi connectivity index (χ1v) is 4.54. The zero-order chi connectivity index (χ0) is 8.72. The molecule has 12 heavy (non-hydrogen) atoms. The quantitative estimate of drug-likeness (QED) is 0.672. The van der Waals surface area contributed by atoms with Crippen molar-refractivity contribution in [2.45, 2.75) is 13.8 Å². The maximum absolute atomic E-state index is 5.73. The third-order valence-corrected chi connectivity index (χ3v) is 2.82. The highest BCUT2D eigenvalue weighted by Gasteiger charge is 2.06. The van der Waals surface area contributed by atoms with Gasteiger partial charge in [-0.15, -0.1) is 11.3 Å². The van der Waals surface area contributed by atoms with E-state index < -0.39 is 0 Å². The lowest BCUT2D eigenvalue weighted by molar-refractivity contribution is 1.06. The average molecular weight is 179 g/mol. The van der Waals surface area contributed by atoms with Gasteiger partial charge >= 0.3 is 0 Å². The first-order valence-electron chi connectivity index (χ1n) is 3.66. The van der Waals surface area contributed by atoms with Gasteiger partial charge in [0.1, 0.15) is 11.3 Å². The Morgan fingerprint density at radius 2 is 2.08 bits per heavy atom. The van der Waals surface area contributed by atoms with E-state index >= 15 is 0 Å². The number of rotatable bonds is 0. The van der Waals surface area contributed by atoms with Crippen LogP contribution in [0.25, 0.3) is 10.2 Å². The minimum absolute atomic E-state index is 0.753. The fourth-order valence-electron chi connectivity index (χ4n) is 1.22. The Morgan fingerprint density at radius 3 is 2.83 bits per heavy atom. The van der Waals surface area contributed by atoms with Crippen molar-refractivity contribution < 1.29 is 0 Å². The van der Waals surface area contributed by atoms with Crippen molar-refractivity contribution in [3.63, 3.8) is 0 Å². The van der Waals surface area contributed by atoms with Gasteiger partial charge in [0.2, 0.25) is 0 Å². The van der Waals surface area contributed by atoms with Gasteiger partial charge in [-0.1, -0.05) is 0 Å². The lowest BCUT2D eigenvalue weighted by atomic mass is 10.3. The topological polar surface area (TPSA) is 51.8 Å². The second kappa shape index (κ2) is 2.42. The number of anilines is 1. The van der Waals surface area contributed by atoms with Crippen LogP contribution in [0.15, 0.2) is 5.38 Å². The maximum atomic E-state index is 5.73. The van der Waals surface area contributed by atoms with Crippen molar-refractivity contribution >= 4 is 27.2 Å². The molecular weight excluding hydrogens is 170 g/mol. The van der Waals surface area contributed by atoms with Crippen LogP contribution in [-0.4, -0.2) is 9.97 Å². The third-order valence-electron chi connectivity index (χ3n) is 1.72. The number of aromatic nitrogens is 2. The molecule has 3 nitrogen and oxygen atoms in total. The van der Waals surface area contributed by atoms with E-state index in [4.69, 9.17) is 5.73 Å². The van der Waals surface area contributed by atoms with Crippen LogP contribution in [0.3, 0.4) is 0 Å². The number of hydrogen-bond donors (Lipinski definition) is 1. The van der Waals surface area contributed by atoms with E-state index in [0.29, 0.717) is 0 Å².